The number of halogens is 1. The van der Waals surface area contributed by atoms with E-state index in [0.717, 1.165) is 35.5 Å². The molecule has 9 heteroatoms. The number of aromatic nitrogens is 1. The van der Waals surface area contributed by atoms with E-state index in [4.69, 9.17) is 10.5 Å². The number of aromatic carboxylic acids is 1. The smallest absolute Gasteiger partial charge is 0.341 e. The lowest BCUT2D eigenvalue weighted by molar-refractivity contribution is 0.0695. The van der Waals surface area contributed by atoms with Gasteiger partial charge in [0.15, 0.2) is 5.75 Å². The molecule has 2 aromatic heterocycles. The van der Waals surface area contributed by atoms with Crippen molar-refractivity contribution in [3.63, 3.8) is 0 Å². The van der Waals surface area contributed by atoms with Crippen molar-refractivity contribution in [1.29, 1.82) is 0 Å². The number of hydrogen-bond acceptors (Lipinski definition) is 6. The van der Waals surface area contributed by atoms with Crippen molar-refractivity contribution >= 4 is 52.4 Å². The zero-order valence-electron chi connectivity index (χ0n) is 16.2. The number of ether oxygens (including phenoxy) is 1. The Morgan fingerprint density at radius 3 is 2.70 bits per heavy atom. The van der Waals surface area contributed by atoms with E-state index in [1.54, 1.807) is 24.5 Å². The predicted molar refractivity (Wildman–Crippen MR) is 123 cm³/mol. The largest absolute Gasteiger partial charge is 0.494 e. The van der Waals surface area contributed by atoms with Crippen LogP contribution in [0.3, 0.4) is 0 Å². The quantitative estimate of drug-likeness (QED) is 0.581. The molecular weight excluding hydrogens is 444 g/mol. The third-order valence-electron chi connectivity index (χ3n) is 5.57. The molecule has 1 saturated carbocycles. The van der Waals surface area contributed by atoms with Crippen LogP contribution in [0.2, 0.25) is 0 Å². The highest BCUT2D eigenvalue weighted by atomic mass is 35.5. The molecule has 1 aliphatic heterocycles. The van der Waals surface area contributed by atoms with Gasteiger partial charge in [-0.2, -0.15) is 0 Å². The average Bonchev–Trinajstić information content (AvgIpc) is 3.45. The number of hydrogen-bond donors (Lipinski definition) is 2. The molecule has 3 aromatic rings. The molecule has 0 spiro atoms. The fraction of sp³-hybridized carbons (Fsp3) is 0.333. The number of methoxy groups -OCH3 is 1. The molecule has 0 amide bonds. The van der Waals surface area contributed by atoms with Crippen molar-refractivity contribution in [2.24, 2.45) is 5.73 Å². The van der Waals surface area contributed by atoms with E-state index < -0.39 is 11.4 Å². The molecule has 1 fully saturated rings. The van der Waals surface area contributed by atoms with Crippen LogP contribution in [0.1, 0.15) is 47.3 Å². The number of carbonyl (C=O) groups is 1. The second-order valence-electron chi connectivity index (χ2n) is 7.46. The number of fused-ring (bicyclic) bond motifs is 2. The molecule has 158 valence electrons. The van der Waals surface area contributed by atoms with Crippen LogP contribution in [0.4, 0.5) is 0 Å². The number of thiophene rings is 1. The lowest BCUT2D eigenvalue weighted by atomic mass is 10.0. The third-order valence-corrected chi connectivity index (χ3v) is 8.09. The molecule has 1 atom stereocenters. The third kappa shape index (κ3) is 3.32. The van der Waals surface area contributed by atoms with Crippen LogP contribution >= 0.6 is 35.5 Å². The second-order valence-corrected chi connectivity index (χ2v) is 9.87. The molecule has 5 rings (SSSR count). The minimum Gasteiger partial charge on any atom is -0.494 e. The minimum absolute atomic E-state index is 0. The number of nitrogens with zero attached hydrogens (tertiary/aromatic N) is 1. The first kappa shape index (κ1) is 21.2. The fourth-order valence-corrected chi connectivity index (χ4v) is 6.61. The molecule has 0 saturated heterocycles. The maximum Gasteiger partial charge on any atom is 0.341 e. The summed E-state index contributed by atoms with van der Waals surface area (Å²) >= 11 is 3.52. The Morgan fingerprint density at radius 1 is 1.30 bits per heavy atom. The van der Waals surface area contributed by atoms with Gasteiger partial charge in [0.05, 0.1) is 22.2 Å². The fourth-order valence-electron chi connectivity index (χ4n) is 3.94. The van der Waals surface area contributed by atoms with Gasteiger partial charge in [-0.15, -0.1) is 35.5 Å². The summed E-state index contributed by atoms with van der Waals surface area (Å²) in [5.74, 6) is 0.425. The highest BCUT2D eigenvalue weighted by Gasteiger charge is 2.30. The van der Waals surface area contributed by atoms with Crippen LogP contribution in [0, 0.1) is 0 Å². The zero-order chi connectivity index (χ0) is 20.3. The van der Waals surface area contributed by atoms with Gasteiger partial charge < -0.3 is 20.1 Å². The van der Waals surface area contributed by atoms with Gasteiger partial charge in [-0.05, 0) is 43.0 Å². The van der Waals surface area contributed by atoms with Crippen molar-refractivity contribution in [2.75, 3.05) is 12.9 Å². The number of benzene rings is 1. The maximum atomic E-state index is 12.8. The Labute approximate surface area is 187 Å². The highest BCUT2D eigenvalue weighted by molar-refractivity contribution is 8.01. The van der Waals surface area contributed by atoms with Gasteiger partial charge in [-0.25, -0.2) is 4.79 Å². The van der Waals surface area contributed by atoms with Gasteiger partial charge in [0.2, 0.25) is 5.43 Å². The number of nitrogens with two attached hydrogens (primary N) is 1. The zero-order valence-corrected chi connectivity index (χ0v) is 18.7. The lowest BCUT2D eigenvalue weighted by Crippen LogP contribution is -2.19. The maximum absolute atomic E-state index is 12.8. The Bertz CT molecular complexity index is 1220. The van der Waals surface area contributed by atoms with Crippen LogP contribution < -0.4 is 15.9 Å². The van der Waals surface area contributed by atoms with Crippen molar-refractivity contribution in [2.45, 2.75) is 35.6 Å². The van der Waals surface area contributed by atoms with Gasteiger partial charge in [0.25, 0.3) is 0 Å². The minimum atomic E-state index is -1.20. The van der Waals surface area contributed by atoms with E-state index in [1.807, 2.05) is 22.4 Å². The van der Waals surface area contributed by atoms with Gasteiger partial charge in [0.1, 0.15) is 5.56 Å². The molecule has 1 unspecified atom stereocenters. The van der Waals surface area contributed by atoms with Crippen molar-refractivity contribution in [1.82, 2.24) is 4.57 Å². The summed E-state index contributed by atoms with van der Waals surface area (Å²) in [6.45, 7) is 0. The average molecular weight is 465 g/mol. The molecule has 1 aromatic carbocycles. The van der Waals surface area contributed by atoms with E-state index >= 15 is 0 Å². The van der Waals surface area contributed by atoms with Crippen LogP contribution in [-0.4, -0.2) is 28.5 Å². The standard InChI is InChI=1S/C21H20N2O4S2.ClH/c1-27-19-11(16-8-13-15(22)6-7-28-21(13)29-16)4-5-12-17(19)23(10-2-3-10)9-14(18(12)24)20(25)26;/h4-5,8-10,15H,2-3,6-7,22H2,1H3,(H,25,26);1H. The molecule has 0 radical (unpaired) electrons. The molecule has 1 aliphatic carbocycles. The monoisotopic (exact) mass is 464 g/mol. The van der Waals surface area contributed by atoms with E-state index in [2.05, 4.69) is 6.07 Å². The van der Waals surface area contributed by atoms with Crippen molar-refractivity contribution in [3.05, 3.63) is 45.7 Å². The first-order valence-electron chi connectivity index (χ1n) is 9.51. The summed E-state index contributed by atoms with van der Waals surface area (Å²) < 4.78 is 8.96. The van der Waals surface area contributed by atoms with E-state index in [9.17, 15) is 14.7 Å². The van der Waals surface area contributed by atoms with Crippen molar-refractivity contribution < 1.29 is 14.6 Å². The molecular formula is C21H21ClN2O4S2. The Kier molecular flexibility index (Phi) is 5.61. The second kappa shape index (κ2) is 7.92. The van der Waals surface area contributed by atoms with Crippen LogP contribution in [-0.2, 0) is 0 Å². The topological polar surface area (TPSA) is 94.6 Å². The van der Waals surface area contributed by atoms with Crippen LogP contribution in [0.5, 0.6) is 5.75 Å². The van der Waals surface area contributed by atoms with Crippen LogP contribution in [0.25, 0.3) is 21.3 Å². The highest BCUT2D eigenvalue weighted by Crippen LogP contribution is 2.48. The van der Waals surface area contributed by atoms with Crippen molar-refractivity contribution in [3.8, 4) is 16.2 Å². The molecule has 6 nitrogen and oxygen atoms in total. The lowest BCUT2D eigenvalue weighted by Gasteiger charge is -2.17. The summed E-state index contributed by atoms with van der Waals surface area (Å²) in [6.07, 6.45) is 4.36. The number of carboxylic acid groups (broad SMARTS) is 1. The number of carboxylic acids is 1. The SMILES string of the molecule is COc1c(-c2cc3c(s2)SCCC3N)ccc2c(=O)c(C(=O)O)cn(C3CC3)c12.Cl. The molecule has 0 bridgehead atoms. The van der Waals surface area contributed by atoms with Crippen LogP contribution in [0.15, 0.2) is 33.4 Å². The molecule has 2 aliphatic rings. The van der Waals surface area contributed by atoms with E-state index in [1.165, 1.54) is 16.0 Å². The summed E-state index contributed by atoms with van der Waals surface area (Å²) in [6, 6.07) is 5.96. The Balaban J connectivity index is 0.00000218. The molecule has 3 N–H and O–H groups in total. The summed E-state index contributed by atoms with van der Waals surface area (Å²) in [5.41, 5.74) is 8.37. The van der Waals surface area contributed by atoms with Gasteiger partial charge in [-0.1, -0.05) is 0 Å². The summed E-state index contributed by atoms with van der Waals surface area (Å²) in [7, 11) is 1.60. The van der Waals surface area contributed by atoms with E-state index in [-0.39, 0.29) is 30.1 Å². The summed E-state index contributed by atoms with van der Waals surface area (Å²) in [5, 5.41) is 9.85. The Hall–Kier alpha value is -2.00. The first-order chi connectivity index (χ1) is 14.0. The normalized spacial score (nSPS) is 18.0. The molecule has 3 heterocycles. The predicted octanol–water partition coefficient (Wildman–Crippen LogP) is 4.69. The molecule has 30 heavy (non-hydrogen) atoms. The van der Waals surface area contributed by atoms with Gasteiger partial charge in [0, 0.05) is 34.5 Å². The first-order valence-corrected chi connectivity index (χ1v) is 11.3. The van der Waals surface area contributed by atoms with Gasteiger partial charge in [-0.3, -0.25) is 4.79 Å². The number of pyridine rings is 1. The van der Waals surface area contributed by atoms with E-state index in [0.29, 0.717) is 16.7 Å². The van der Waals surface area contributed by atoms with Gasteiger partial charge >= 0.3 is 5.97 Å². The Morgan fingerprint density at radius 2 is 2.07 bits per heavy atom. The summed E-state index contributed by atoms with van der Waals surface area (Å²) in [4.78, 5) is 25.5. The number of rotatable bonds is 4. The number of thioether (sulfide) groups is 1.